The zero-order valence-corrected chi connectivity index (χ0v) is 13.4. The Bertz CT molecular complexity index is 319. The fourth-order valence-corrected chi connectivity index (χ4v) is 2.16. The molecule has 0 saturated heterocycles. The zero-order chi connectivity index (χ0) is 15.9. The molecule has 118 valence electrons. The van der Waals surface area contributed by atoms with Crippen LogP contribution in [0.1, 0.15) is 53.9 Å². The van der Waals surface area contributed by atoms with E-state index in [1.165, 1.54) is 7.11 Å². The quantitative estimate of drug-likeness (QED) is 0.695. The van der Waals surface area contributed by atoms with E-state index >= 15 is 0 Å². The molecule has 3 atom stereocenters. The van der Waals surface area contributed by atoms with Crippen LogP contribution in [0.25, 0.3) is 0 Å². The summed E-state index contributed by atoms with van der Waals surface area (Å²) in [5.74, 6) is -1.20. The van der Waals surface area contributed by atoms with Gasteiger partial charge in [0, 0.05) is 7.11 Å². The molecule has 0 rings (SSSR count). The molecular formula is C15H28O5. The summed E-state index contributed by atoms with van der Waals surface area (Å²) in [5, 5.41) is 8.94. The Balaban J connectivity index is 4.87. The Kier molecular flexibility index (Phi) is 7.79. The normalized spacial score (nSPS) is 16.3. The molecule has 0 saturated carbocycles. The molecule has 20 heavy (non-hydrogen) atoms. The van der Waals surface area contributed by atoms with Gasteiger partial charge in [-0.15, -0.1) is 0 Å². The number of ether oxygens (including phenoxy) is 2. The van der Waals surface area contributed by atoms with Gasteiger partial charge in [-0.25, -0.2) is 0 Å². The standard InChI is InChI=1S/C15H28O5/c1-7-10(2)11(12(19-6)9-13(16)17)8-14(18)20-15(3,4)5/h10-12H,7-9H2,1-6H3,(H,16,17)/t10-,11-,12+/m0/s1. The van der Waals surface area contributed by atoms with Gasteiger partial charge in [0.25, 0.3) is 0 Å². The number of hydrogen-bond donors (Lipinski definition) is 1. The summed E-state index contributed by atoms with van der Waals surface area (Å²) in [7, 11) is 1.48. The number of aliphatic carboxylic acids is 1. The summed E-state index contributed by atoms with van der Waals surface area (Å²) < 4.78 is 10.6. The Morgan fingerprint density at radius 1 is 1.20 bits per heavy atom. The minimum Gasteiger partial charge on any atom is -0.481 e. The lowest BCUT2D eigenvalue weighted by Gasteiger charge is -2.30. The Morgan fingerprint density at radius 3 is 2.10 bits per heavy atom. The van der Waals surface area contributed by atoms with Gasteiger partial charge in [0.05, 0.1) is 18.9 Å². The third-order valence-corrected chi connectivity index (χ3v) is 3.35. The highest BCUT2D eigenvalue weighted by molar-refractivity contribution is 5.71. The van der Waals surface area contributed by atoms with Crippen LogP contribution in [-0.2, 0) is 19.1 Å². The third-order valence-electron chi connectivity index (χ3n) is 3.35. The van der Waals surface area contributed by atoms with Crippen molar-refractivity contribution in [3.8, 4) is 0 Å². The van der Waals surface area contributed by atoms with Crippen LogP contribution in [0, 0.1) is 11.8 Å². The number of esters is 1. The van der Waals surface area contributed by atoms with Gasteiger partial charge in [-0.2, -0.15) is 0 Å². The average Bonchev–Trinajstić information content (AvgIpc) is 2.29. The highest BCUT2D eigenvalue weighted by Gasteiger charge is 2.31. The summed E-state index contributed by atoms with van der Waals surface area (Å²) in [6.07, 6.45) is 0.453. The van der Waals surface area contributed by atoms with Gasteiger partial charge in [-0.05, 0) is 32.6 Å². The van der Waals surface area contributed by atoms with Gasteiger partial charge in [-0.1, -0.05) is 20.3 Å². The van der Waals surface area contributed by atoms with Crippen molar-refractivity contribution in [2.75, 3.05) is 7.11 Å². The van der Waals surface area contributed by atoms with Crippen LogP contribution in [-0.4, -0.2) is 35.9 Å². The molecule has 0 aromatic rings. The van der Waals surface area contributed by atoms with Crippen molar-refractivity contribution in [2.24, 2.45) is 11.8 Å². The number of carboxylic acids is 1. The van der Waals surface area contributed by atoms with E-state index in [2.05, 4.69) is 0 Å². The highest BCUT2D eigenvalue weighted by atomic mass is 16.6. The molecule has 5 heteroatoms. The van der Waals surface area contributed by atoms with Crippen LogP contribution >= 0.6 is 0 Å². The van der Waals surface area contributed by atoms with Crippen molar-refractivity contribution in [3.05, 3.63) is 0 Å². The third kappa shape index (κ3) is 7.48. The Labute approximate surface area is 121 Å². The van der Waals surface area contributed by atoms with Crippen LogP contribution in [0.4, 0.5) is 0 Å². The van der Waals surface area contributed by atoms with E-state index in [0.29, 0.717) is 0 Å². The van der Waals surface area contributed by atoms with Crippen LogP contribution in [0.3, 0.4) is 0 Å². The molecule has 5 nitrogen and oxygen atoms in total. The van der Waals surface area contributed by atoms with Gasteiger partial charge >= 0.3 is 11.9 Å². The molecule has 0 bridgehead atoms. The fraction of sp³-hybridized carbons (Fsp3) is 0.867. The van der Waals surface area contributed by atoms with E-state index < -0.39 is 17.7 Å². The summed E-state index contributed by atoms with van der Waals surface area (Å²) in [5.41, 5.74) is -0.535. The maximum absolute atomic E-state index is 12.0. The summed E-state index contributed by atoms with van der Waals surface area (Å²) in [6.45, 7) is 9.46. The first-order valence-electron chi connectivity index (χ1n) is 7.07. The minimum absolute atomic E-state index is 0.103. The molecule has 0 heterocycles. The summed E-state index contributed by atoms with van der Waals surface area (Å²) in [6, 6.07) is 0. The Hall–Kier alpha value is -1.10. The summed E-state index contributed by atoms with van der Waals surface area (Å²) >= 11 is 0. The lowest BCUT2D eigenvalue weighted by Crippen LogP contribution is -2.34. The number of hydrogen-bond acceptors (Lipinski definition) is 4. The smallest absolute Gasteiger partial charge is 0.306 e. The van der Waals surface area contributed by atoms with Crippen LogP contribution in [0.15, 0.2) is 0 Å². The molecule has 0 unspecified atom stereocenters. The van der Waals surface area contributed by atoms with Gasteiger partial charge in [0.1, 0.15) is 5.60 Å². The van der Waals surface area contributed by atoms with Gasteiger partial charge < -0.3 is 14.6 Å². The molecule has 0 amide bonds. The number of carboxylic acid groups (broad SMARTS) is 1. The molecular weight excluding hydrogens is 260 g/mol. The van der Waals surface area contributed by atoms with Crippen LogP contribution < -0.4 is 0 Å². The van der Waals surface area contributed by atoms with Gasteiger partial charge in [0.15, 0.2) is 0 Å². The van der Waals surface area contributed by atoms with E-state index in [1.54, 1.807) is 0 Å². The minimum atomic E-state index is -0.922. The molecule has 0 radical (unpaired) electrons. The van der Waals surface area contributed by atoms with Crippen molar-refractivity contribution >= 4 is 11.9 Å². The summed E-state index contributed by atoms with van der Waals surface area (Å²) in [4.78, 5) is 22.9. The molecule has 0 aliphatic carbocycles. The molecule has 1 N–H and O–H groups in total. The molecule has 0 fully saturated rings. The van der Waals surface area contributed by atoms with E-state index in [-0.39, 0.29) is 30.6 Å². The topological polar surface area (TPSA) is 72.8 Å². The first kappa shape index (κ1) is 18.9. The highest BCUT2D eigenvalue weighted by Crippen LogP contribution is 2.27. The zero-order valence-electron chi connectivity index (χ0n) is 13.4. The van der Waals surface area contributed by atoms with E-state index in [9.17, 15) is 9.59 Å². The van der Waals surface area contributed by atoms with Crippen molar-refractivity contribution in [1.82, 2.24) is 0 Å². The van der Waals surface area contributed by atoms with Crippen molar-refractivity contribution < 1.29 is 24.2 Å². The maximum Gasteiger partial charge on any atom is 0.306 e. The molecule has 0 aliphatic heterocycles. The van der Waals surface area contributed by atoms with Gasteiger partial charge in [0.2, 0.25) is 0 Å². The number of carbonyl (C=O) groups excluding carboxylic acids is 1. The monoisotopic (exact) mass is 288 g/mol. The number of carbonyl (C=O) groups is 2. The van der Waals surface area contributed by atoms with Crippen LogP contribution in [0.5, 0.6) is 0 Å². The van der Waals surface area contributed by atoms with Gasteiger partial charge in [-0.3, -0.25) is 9.59 Å². The lowest BCUT2D eigenvalue weighted by atomic mass is 9.83. The SMILES string of the molecule is CC[C@H](C)[C@H](CC(=O)OC(C)(C)C)[C@@H](CC(=O)O)OC. The predicted octanol–water partition coefficient (Wildman–Crippen LogP) is 2.87. The second-order valence-electron chi connectivity index (χ2n) is 6.21. The van der Waals surface area contributed by atoms with Crippen molar-refractivity contribution in [1.29, 1.82) is 0 Å². The Morgan fingerprint density at radius 2 is 1.75 bits per heavy atom. The molecule has 0 aromatic heterocycles. The molecule has 0 aliphatic rings. The number of rotatable bonds is 8. The van der Waals surface area contributed by atoms with E-state index in [1.807, 2.05) is 34.6 Å². The van der Waals surface area contributed by atoms with Crippen molar-refractivity contribution in [3.63, 3.8) is 0 Å². The average molecular weight is 288 g/mol. The fourth-order valence-electron chi connectivity index (χ4n) is 2.16. The van der Waals surface area contributed by atoms with Crippen molar-refractivity contribution in [2.45, 2.75) is 65.6 Å². The lowest BCUT2D eigenvalue weighted by molar-refractivity contribution is -0.159. The first-order chi connectivity index (χ1) is 9.10. The maximum atomic E-state index is 12.0. The second-order valence-corrected chi connectivity index (χ2v) is 6.21. The second kappa shape index (κ2) is 8.25. The largest absolute Gasteiger partial charge is 0.481 e. The van der Waals surface area contributed by atoms with E-state index in [4.69, 9.17) is 14.6 Å². The van der Waals surface area contributed by atoms with Crippen LogP contribution in [0.2, 0.25) is 0 Å². The first-order valence-corrected chi connectivity index (χ1v) is 7.07. The number of methoxy groups -OCH3 is 1. The predicted molar refractivity (Wildman–Crippen MR) is 76.5 cm³/mol. The molecule has 0 aromatic carbocycles. The van der Waals surface area contributed by atoms with E-state index in [0.717, 1.165) is 6.42 Å². The molecule has 0 spiro atoms.